The van der Waals surface area contributed by atoms with Crippen LogP contribution in [0.25, 0.3) is 0 Å². The van der Waals surface area contributed by atoms with Gasteiger partial charge in [-0.3, -0.25) is 4.79 Å². The van der Waals surface area contributed by atoms with E-state index in [0.717, 1.165) is 0 Å². The zero-order valence-corrected chi connectivity index (χ0v) is 8.67. The van der Waals surface area contributed by atoms with Crippen molar-refractivity contribution in [3.8, 4) is 0 Å². The molecule has 1 aromatic carbocycles. The summed E-state index contributed by atoms with van der Waals surface area (Å²) in [7, 11) is 0. The third-order valence-corrected chi connectivity index (χ3v) is 2.13. The molecule has 0 aliphatic carbocycles. The topological polar surface area (TPSA) is 17.1 Å². The Hall–Kier alpha value is -1.25. The number of carbonyl (C=O) groups excluding carboxylic acids is 1. The molecular weight excluding hydrogens is 198 g/mol. The molecule has 0 amide bonds. The fourth-order valence-corrected chi connectivity index (χ4v) is 1.42. The van der Waals surface area contributed by atoms with Gasteiger partial charge < -0.3 is 0 Å². The highest BCUT2D eigenvalue weighted by Gasteiger charge is 2.31. The second-order valence-electron chi connectivity index (χ2n) is 3.57. The fourth-order valence-electron chi connectivity index (χ4n) is 1.42. The number of carbonyl (C=O) groups is 1. The van der Waals surface area contributed by atoms with Gasteiger partial charge in [-0.25, -0.2) is 8.78 Å². The minimum atomic E-state index is -2.87. The highest BCUT2D eigenvalue weighted by molar-refractivity contribution is 5.96. The predicted molar refractivity (Wildman–Crippen MR) is 55.2 cm³/mol. The first-order valence-electron chi connectivity index (χ1n) is 5.01. The molecule has 0 atom stereocenters. The molecule has 0 spiro atoms. The van der Waals surface area contributed by atoms with Crippen molar-refractivity contribution >= 4 is 5.78 Å². The van der Waals surface area contributed by atoms with Crippen LogP contribution in [-0.4, -0.2) is 11.7 Å². The van der Waals surface area contributed by atoms with Crippen molar-refractivity contribution in [1.29, 1.82) is 0 Å². The first-order valence-corrected chi connectivity index (χ1v) is 5.01. The van der Waals surface area contributed by atoms with Crippen LogP contribution >= 0.6 is 0 Å². The summed E-state index contributed by atoms with van der Waals surface area (Å²) in [6, 6.07) is 8.21. The number of Topliss-reactive ketones (excluding diaryl/α,β-unsaturated/α-hetero) is 1. The highest BCUT2D eigenvalue weighted by Crippen LogP contribution is 2.26. The molecule has 0 N–H and O–H groups in total. The molecule has 1 nitrogen and oxygen atoms in total. The minimum absolute atomic E-state index is 0.231. The molecule has 0 aliphatic heterocycles. The van der Waals surface area contributed by atoms with E-state index in [1.165, 1.54) is 0 Å². The molecule has 1 aromatic rings. The van der Waals surface area contributed by atoms with E-state index in [-0.39, 0.29) is 6.42 Å². The Bertz CT molecular complexity index is 320. The molecular formula is C12H14F2O. The van der Waals surface area contributed by atoms with Crippen LogP contribution in [-0.2, 0) is 0 Å². The Morgan fingerprint density at radius 2 is 1.87 bits per heavy atom. The van der Waals surface area contributed by atoms with Gasteiger partial charge in [0.25, 0.3) is 5.92 Å². The number of ketones is 1. The van der Waals surface area contributed by atoms with Gasteiger partial charge in [-0.15, -0.1) is 0 Å². The minimum Gasteiger partial charge on any atom is -0.294 e. The lowest BCUT2D eigenvalue weighted by atomic mass is 10.0. The molecule has 0 unspecified atom stereocenters. The highest BCUT2D eigenvalue weighted by atomic mass is 19.3. The van der Waals surface area contributed by atoms with Crippen molar-refractivity contribution in [1.82, 2.24) is 0 Å². The van der Waals surface area contributed by atoms with E-state index in [2.05, 4.69) is 0 Å². The number of alkyl halides is 2. The summed E-state index contributed by atoms with van der Waals surface area (Å²) in [5.41, 5.74) is 0.355. The van der Waals surface area contributed by atoms with Crippen molar-refractivity contribution in [3.05, 3.63) is 35.9 Å². The lowest BCUT2D eigenvalue weighted by Crippen LogP contribution is -2.20. The van der Waals surface area contributed by atoms with Gasteiger partial charge in [-0.05, 0) is 0 Å². The molecule has 0 saturated carbocycles. The third kappa shape index (κ3) is 3.78. The van der Waals surface area contributed by atoms with Crippen molar-refractivity contribution < 1.29 is 13.6 Å². The summed E-state index contributed by atoms with van der Waals surface area (Å²) in [6.07, 6.45) is -0.536. The van der Waals surface area contributed by atoms with Crippen LogP contribution < -0.4 is 0 Å². The smallest absolute Gasteiger partial charge is 0.255 e. The maximum Gasteiger partial charge on any atom is 0.255 e. The third-order valence-electron chi connectivity index (χ3n) is 2.13. The Labute approximate surface area is 88.1 Å². The first kappa shape index (κ1) is 11.8. The van der Waals surface area contributed by atoms with E-state index >= 15 is 0 Å². The predicted octanol–water partition coefficient (Wildman–Crippen LogP) is 3.69. The average Bonchev–Trinajstić information content (AvgIpc) is 2.18. The van der Waals surface area contributed by atoms with Gasteiger partial charge in [-0.2, -0.15) is 0 Å². The van der Waals surface area contributed by atoms with Gasteiger partial charge in [-0.1, -0.05) is 43.7 Å². The molecule has 1 rings (SSSR count). The maximum absolute atomic E-state index is 13.1. The molecule has 0 fully saturated rings. The van der Waals surface area contributed by atoms with Crippen molar-refractivity contribution in [2.75, 3.05) is 0 Å². The second kappa shape index (κ2) is 5.01. The van der Waals surface area contributed by atoms with E-state index in [9.17, 15) is 13.6 Å². The van der Waals surface area contributed by atoms with Crippen LogP contribution in [0, 0.1) is 0 Å². The molecule has 0 heterocycles. The standard InChI is InChI=1S/C12H14F2O/c1-2-8-12(13,14)9-11(15)10-6-4-3-5-7-10/h3-7H,2,8-9H2,1H3. The van der Waals surface area contributed by atoms with E-state index in [0.29, 0.717) is 12.0 Å². The van der Waals surface area contributed by atoms with Crippen LogP contribution in [0.2, 0.25) is 0 Å². The Balaban J connectivity index is 2.64. The zero-order chi connectivity index (χ0) is 11.3. The average molecular weight is 212 g/mol. The van der Waals surface area contributed by atoms with Gasteiger partial charge >= 0.3 is 0 Å². The van der Waals surface area contributed by atoms with Crippen LogP contribution in [0.4, 0.5) is 8.78 Å². The van der Waals surface area contributed by atoms with Crippen LogP contribution in [0.1, 0.15) is 36.5 Å². The number of hydrogen-bond donors (Lipinski definition) is 0. The Morgan fingerprint density at radius 3 is 2.40 bits per heavy atom. The Kier molecular flexibility index (Phi) is 3.95. The molecule has 0 aromatic heterocycles. The molecule has 0 radical (unpaired) electrons. The van der Waals surface area contributed by atoms with E-state index in [1.807, 2.05) is 0 Å². The molecule has 15 heavy (non-hydrogen) atoms. The summed E-state index contributed by atoms with van der Waals surface area (Å²) < 4.78 is 26.3. The van der Waals surface area contributed by atoms with Crippen molar-refractivity contribution in [3.63, 3.8) is 0 Å². The molecule has 3 heteroatoms. The summed E-state index contributed by atoms with van der Waals surface area (Å²) in [4.78, 5) is 11.5. The first-order chi connectivity index (χ1) is 7.05. The van der Waals surface area contributed by atoms with Crippen LogP contribution in [0.15, 0.2) is 30.3 Å². The molecule has 0 bridgehead atoms. The zero-order valence-electron chi connectivity index (χ0n) is 8.67. The summed E-state index contributed by atoms with van der Waals surface area (Å²) in [6.45, 7) is 1.68. The van der Waals surface area contributed by atoms with Gasteiger partial charge in [0.2, 0.25) is 0 Å². The number of halogens is 2. The number of rotatable bonds is 5. The van der Waals surface area contributed by atoms with Crippen molar-refractivity contribution in [2.45, 2.75) is 32.1 Å². The lowest BCUT2D eigenvalue weighted by Gasteiger charge is -2.13. The Morgan fingerprint density at radius 1 is 1.27 bits per heavy atom. The number of benzene rings is 1. The fraction of sp³-hybridized carbons (Fsp3) is 0.417. The summed E-state index contributed by atoms with van der Waals surface area (Å²) in [5.74, 6) is -3.36. The number of hydrogen-bond acceptors (Lipinski definition) is 1. The monoisotopic (exact) mass is 212 g/mol. The summed E-state index contributed by atoms with van der Waals surface area (Å²) in [5, 5.41) is 0. The molecule has 0 aliphatic rings. The SMILES string of the molecule is CCCC(F)(F)CC(=O)c1ccccc1. The summed E-state index contributed by atoms with van der Waals surface area (Å²) >= 11 is 0. The second-order valence-corrected chi connectivity index (χ2v) is 3.57. The normalized spacial score (nSPS) is 11.4. The van der Waals surface area contributed by atoms with E-state index < -0.39 is 18.1 Å². The molecule has 0 saturated heterocycles. The van der Waals surface area contributed by atoms with Gasteiger partial charge in [0, 0.05) is 12.0 Å². The van der Waals surface area contributed by atoms with Crippen LogP contribution in [0.5, 0.6) is 0 Å². The largest absolute Gasteiger partial charge is 0.294 e. The van der Waals surface area contributed by atoms with Gasteiger partial charge in [0.15, 0.2) is 5.78 Å². The maximum atomic E-state index is 13.1. The van der Waals surface area contributed by atoms with E-state index in [1.54, 1.807) is 37.3 Å². The van der Waals surface area contributed by atoms with Crippen LogP contribution in [0.3, 0.4) is 0 Å². The van der Waals surface area contributed by atoms with Crippen molar-refractivity contribution in [2.24, 2.45) is 0 Å². The van der Waals surface area contributed by atoms with Gasteiger partial charge in [0.05, 0.1) is 6.42 Å². The quantitative estimate of drug-likeness (QED) is 0.680. The molecule has 82 valence electrons. The van der Waals surface area contributed by atoms with Gasteiger partial charge in [0.1, 0.15) is 0 Å². The lowest BCUT2D eigenvalue weighted by molar-refractivity contribution is -0.0110. The van der Waals surface area contributed by atoms with E-state index in [4.69, 9.17) is 0 Å².